The smallest absolute Gasteiger partial charge is 0.241 e. The molecule has 1 saturated heterocycles. The van der Waals surface area contributed by atoms with E-state index in [4.69, 9.17) is 8.94 Å². The molecule has 1 aliphatic rings. The molecule has 2 aromatic rings. The maximum absolute atomic E-state index is 9.70. The predicted octanol–water partition coefficient (Wildman–Crippen LogP) is 1.92. The maximum atomic E-state index is 9.70. The number of aliphatic hydroxyl groups excluding tert-OH is 1. The van der Waals surface area contributed by atoms with Crippen LogP contribution in [0.2, 0.25) is 0 Å². The average molecular weight is 277 g/mol. The van der Waals surface area contributed by atoms with Crippen molar-refractivity contribution < 1.29 is 14.0 Å². The summed E-state index contributed by atoms with van der Waals surface area (Å²) >= 11 is 0. The highest BCUT2D eigenvalue weighted by Gasteiger charge is 2.24. The van der Waals surface area contributed by atoms with Crippen LogP contribution in [-0.4, -0.2) is 39.3 Å². The number of hydrogen-bond acceptors (Lipinski definition) is 6. The Bertz CT molecular complexity index is 536. The molecule has 0 amide bonds. The van der Waals surface area contributed by atoms with Crippen molar-refractivity contribution in [2.75, 3.05) is 13.1 Å². The molecule has 0 spiro atoms. The quantitative estimate of drug-likeness (QED) is 0.920. The molecule has 1 fully saturated rings. The van der Waals surface area contributed by atoms with E-state index in [9.17, 15) is 5.11 Å². The van der Waals surface area contributed by atoms with E-state index < -0.39 is 0 Å². The lowest BCUT2D eigenvalue weighted by atomic mass is 9.93. The van der Waals surface area contributed by atoms with Crippen LogP contribution in [0.15, 0.2) is 27.3 Å². The van der Waals surface area contributed by atoms with E-state index in [1.165, 1.54) is 0 Å². The molecule has 2 aromatic heterocycles. The lowest BCUT2D eigenvalue weighted by Gasteiger charge is -2.33. The molecule has 108 valence electrons. The molecule has 6 nitrogen and oxygen atoms in total. The topological polar surface area (TPSA) is 75.5 Å². The fourth-order valence-electron chi connectivity index (χ4n) is 2.64. The van der Waals surface area contributed by atoms with Gasteiger partial charge in [0.15, 0.2) is 5.76 Å². The Morgan fingerprint density at radius 1 is 1.55 bits per heavy atom. The molecule has 3 rings (SSSR count). The Morgan fingerprint density at radius 2 is 2.45 bits per heavy atom. The fourth-order valence-corrected chi connectivity index (χ4v) is 2.64. The van der Waals surface area contributed by atoms with Gasteiger partial charge in [0.05, 0.1) is 18.9 Å². The van der Waals surface area contributed by atoms with Crippen LogP contribution in [-0.2, 0) is 6.54 Å². The standard InChI is InChI=1S/C14H19N3O3/c1-10(18)11-4-2-6-17(8-11)9-13-15-14(16-20-13)12-5-3-7-19-12/h3,5,7,10-11,18H,2,4,6,8-9H2,1H3/t10-,11-/m1/s1. The van der Waals surface area contributed by atoms with Crippen molar-refractivity contribution in [1.29, 1.82) is 0 Å². The van der Waals surface area contributed by atoms with E-state index in [2.05, 4.69) is 15.0 Å². The zero-order chi connectivity index (χ0) is 13.9. The first-order chi connectivity index (χ1) is 9.72. The third kappa shape index (κ3) is 2.91. The van der Waals surface area contributed by atoms with E-state index in [1.807, 2.05) is 6.92 Å². The van der Waals surface area contributed by atoms with Crippen molar-refractivity contribution in [2.45, 2.75) is 32.4 Å². The monoisotopic (exact) mass is 277 g/mol. The molecule has 0 radical (unpaired) electrons. The number of furan rings is 1. The summed E-state index contributed by atoms with van der Waals surface area (Å²) in [6, 6.07) is 3.60. The van der Waals surface area contributed by atoms with E-state index >= 15 is 0 Å². The summed E-state index contributed by atoms with van der Waals surface area (Å²) in [6.07, 6.45) is 3.49. The van der Waals surface area contributed by atoms with Crippen molar-refractivity contribution in [3.8, 4) is 11.6 Å². The van der Waals surface area contributed by atoms with Crippen LogP contribution < -0.4 is 0 Å². The first-order valence-corrected chi connectivity index (χ1v) is 6.99. The highest BCUT2D eigenvalue weighted by atomic mass is 16.5. The molecule has 6 heteroatoms. The molecular weight excluding hydrogens is 258 g/mol. The second-order valence-electron chi connectivity index (χ2n) is 5.37. The Morgan fingerprint density at radius 3 is 3.20 bits per heavy atom. The molecule has 2 atom stereocenters. The van der Waals surface area contributed by atoms with Gasteiger partial charge in [0.2, 0.25) is 11.7 Å². The first-order valence-electron chi connectivity index (χ1n) is 6.99. The normalized spacial score (nSPS) is 22.0. The number of nitrogens with zero attached hydrogens (tertiary/aromatic N) is 3. The summed E-state index contributed by atoms with van der Waals surface area (Å²) in [6.45, 7) is 4.35. The van der Waals surface area contributed by atoms with E-state index in [0.29, 0.717) is 29.9 Å². The second kappa shape index (κ2) is 5.76. The molecule has 1 N–H and O–H groups in total. The summed E-state index contributed by atoms with van der Waals surface area (Å²) in [4.78, 5) is 6.59. The minimum absolute atomic E-state index is 0.265. The van der Waals surface area contributed by atoms with Crippen LogP contribution in [0.3, 0.4) is 0 Å². The molecule has 1 aliphatic heterocycles. The van der Waals surface area contributed by atoms with Gasteiger partial charge in [-0.25, -0.2) is 0 Å². The summed E-state index contributed by atoms with van der Waals surface area (Å²) in [5.74, 6) is 2.01. The third-order valence-electron chi connectivity index (χ3n) is 3.79. The Balaban J connectivity index is 1.63. The summed E-state index contributed by atoms with van der Waals surface area (Å²) in [7, 11) is 0. The lowest BCUT2D eigenvalue weighted by Crippen LogP contribution is -2.39. The van der Waals surface area contributed by atoms with Gasteiger partial charge in [-0.05, 0) is 44.4 Å². The van der Waals surface area contributed by atoms with Gasteiger partial charge in [0.25, 0.3) is 0 Å². The lowest BCUT2D eigenvalue weighted by molar-refractivity contribution is 0.0556. The van der Waals surface area contributed by atoms with Gasteiger partial charge in [-0.1, -0.05) is 5.16 Å². The van der Waals surface area contributed by atoms with Crippen molar-refractivity contribution in [3.63, 3.8) is 0 Å². The van der Waals surface area contributed by atoms with Crippen molar-refractivity contribution in [3.05, 3.63) is 24.3 Å². The summed E-state index contributed by atoms with van der Waals surface area (Å²) in [5.41, 5.74) is 0. The summed E-state index contributed by atoms with van der Waals surface area (Å²) in [5, 5.41) is 13.6. The van der Waals surface area contributed by atoms with Crippen LogP contribution in [0.5, 0.6) is 0 Å². The molecule has 20 heavy (non-hydrogen) atoms. The van der Waals surface area contributed by atoms with Crippen LogP contribution in [0.1, 0.15) is 25.7 Å². The van der Waals surface area contributed by atoms with E-state index in [0.717, 1.165) is 25.9 Å². The maximum Gasteiger partial charge on any atom is 0.241 e. The number of likely N-dealkylation sites (tertiary alicyclic amines) is 1. The highest BCUT2D eigenvalue weighted by molar-refractivity contribution is 5.44. The van der Waals surface area contributed by atoms with Gasteiger partial charge < -0.3 is 14.0 Å². The predicted molar refractivity (Wildman–Crippen MR) is 71.7 cm³/mol. The number of aromatic nitrogens is 2. The highest BCUT2D eigenvalue weighted by Crippen LogP contribution is 2.22. The fraction of sp³-hybridized carbons (Fsp3) is 0.571. The van der Waals surface area contributed by atoms with Gasteiger partial charge in [0.1, 0.15) is 0 Å². The zero-order valence-electron chi connectivity index (χ0n) is 11.5. The van der Waals surface area contributed by atoms with Gasteiger partial charge in [0, 0.05) is 6.54 Å². The van der Waals surface area contributed by atoms with Crippen molar-refractivity contribution in [1.82, 2.24) is 15.0 Å². The average Bonchev–Trinajstić information content (AvgIpc) is 3.09. The van der Waals surface area contributed by atoms with Crippen LogP contribution in [0.4, 0.5) is 0 Å². The number of hydrogen-bond donors (Lipinski definition) is 1. The molecule has 0 aromatic carbocycles. The Kier molecular flexibility index (Phi) is 3.84. The second-order valence-corrected chi connectivity index (χ2v) is 5.37. The minimum atomic E-state index is -0.265. The molecule has 3 heterocycles. The van der Waals surface area contributed by atoms with Gasteiger partial charge in [-0.3, -0.25) is 4.90 Å². The van der Waals surface area contributed by atoms with Gasteiger partial charge >= 0.3 is 0 Å². The molecule has 0 bridgehead atoms. The SMILES string of the molecule is C[C@@H](O)[C@@H]1CCCN(Cc2nc(-c3ccco3)no2)C1. The van der Waals surface area contributed by atoms with Crippen molar-refractivity contribution >= 4 is 0 Å². The van der Waals surface area contributed by atoms with Crippen LogP contribution >= 0.6 is 0 Å². The Labute approximate surface area is 117 Å². The van der Waals surface area contributed by atoms with E-state index in [-0.39, 0.29) is 6.10 Å². The number of piperidine rings is 1. The van der Waals surface area contributed by atoms with Crippen molar-refractivity contribution in [2.24, 2.45) is 5.92 Å². The third-order valence-corrected chi connectivity index (χ3v) is 3.79. The Hall–Kier alpha value is -1.66. The largest absolute Gasteiger partial charge is 0.461 e. The molecule has 0 unspecified atom stereocenters. The first kappa shape index (κ1) is 13.3. The molecule has 0 saturated carbocycles. The molecule has 0 aliphatic carbocycles. The van der Waals surface area contributed by atoms with Crippen LogP contribution in [0.25, 0.3) is 11.6 Å². The molecular formula is C14H19N3O3. The zero-order valence-corrected chi connectivity index (χ0v) is 11.5. The van der Waals surface area contributed by atoms with Crippen LogP contribution in [0, 0.1) is 5.92 Å². The van der Waals surface area contributed by atoms with E-state index in [1.54, 1.807) is 18.4 Å². The van der Waals surface area contributed by atoms with Gasteiger partial charge in [-0.15, -0.1) is 0 Å². The summed E-state index contributed by atoms with van der Waals surface area (Å²) < 4.78 is 10.5. The van der Waals surface area contributed by atoms with Gasteiger partial charge in [-0.2, -0.15) is 4.98 Å². The minimum Gasteiger partial charge on any atom is -0.461 e. The number of rotatable bonds is 4. The number of aliphatic hydroxyl groups is 1.